The first kappa shape index (κ1) is 15.1. The largest absolute Gasteiger partial charge is 0.313 e. The molecule has 98 valence electrons. The summed E-state index contributed by atoms with van der Waals surface area (Å²) in [6.07, 6.45) is 3.99. The molecule has 0 aliphatic carbocycles. The lowest BCUT2D eigenvalue weighted by atomic mass is 10.2. The van der Waals surface area contributed by atoms with Gasteiger partial charge in [0.1, 0.15) is 0 Å². The Labute approximate surface area is 115 Å². The first-order valence-corrected chi connectivity index (χ1v) is 7.64. The maximum Gasteiger partial charge on any atom is 0.0621 e. The molecule has 2 nitrogen and oxygen atoms in total. The Morgan fingerprint density at radius 1 is 1.33 bits per heavy atom. The summed E-state index contributed by atoms with van der Waals surface area (Å²) in [7, 11) is 0. The molecule has 0 fully saturated rings. The molecule has 0 atom stereocenters. The number of nitrogens with one attached hydrogen (secondary N) is 1. The molecule has 0 heterocycles. The fraction of sp³-hybridized carbons (Fsp3) is 0.533. The molecule has 1 N–H and O–H groups in total. The summed E-state index contributed by atoms with van der Waals surface area (Å²) in [5, 5.41) is 11.9. The first-order chi connectivity index (χ1) is 8.86. The first-order valence-electron chi connectivity index (χ1n) is 6.66. The third-order valence-corrected chi connectivity index (χ3v) is 3.69. The molecule has 0 amide bonds. The van der Waals surface area contributed by atoms with Gasteiger partial charge in [-0.1, -0.05) is 19.1 Å². The third-order valence-electron chi connectivity index (χ3n) is 2.61. The Bertz CT molecular complexity index is 371. The highest BCUT2D eigenvalue weighted by atomic mass is 32.2. The van der Waals surface area contributed by atoms with E-state index in [2.05, 4.69) is 42.6 Å². The lowest BCUT2D eigenvalue weighted by Crippen LogP contribution is -2.13. The molecule has 0 aliphatic heterocycles. The number of hydrogen-bond acceptors (Lipinski definition) is 3. The van der Waals surface area contributed by atoms with Gasteiger partial charge in [0.2, 0.25) is 0 Å². The van der Waals surface area contributed by atoms with Crippen molar-refractivity contribution in [1.82, 2.24) is 5.32 Å². The molecule has 0 spiro atoms. The quantitative estimate of drug-likeness (QED) is 0.540. The van der Waals surface area contributed by atoms with Gasteiger partial charge < -0.3 is 5.32 Å². The molecule has 1 aromatic rings. The highest BCUT2D eigenvalue weighted by Crippen LogP contribution is 2.20. The lowest BCUT2D eigenvalue weighted by molar-refractivity contribution is 0.674. The van der Waals surface area contributed by atoms with Crippen molar-refractivity contribution in [2.24, 2.45) is 0 Å². The molecular formula is C15H22N2S. The Kier molecular flexibility index (Phi) is 8.37. The second-order valence-electron chi connectivity index (χ2n) is 4.29. The number of rotatable bonds is 9. The molecule has 0 unspecified atom stereocenters. The standard InChI is InChI=1S/C15H22N2S/c1-2-10-17-13-14-7-6-8-15(12-14)18-11-5-3-4-9-16/h6-8,12,17H,2-5,10-11,13H2,1H3. The number of nitrogens with zero attached hydrogens (tertiary/aromatic N) is 1. The van der Waals surface area contributed by atoms with Crippen molar-refractivity contribution in [1.29, 1.82) is 5.26 Å². The predicted molar refractivity (Wildman–Crippen MR) is 78.6 cm³/mol. The average Bonchev–Trinajstić information content (AvgIpc) is 2.39. The van der Waals surface area contributed by atoms with Gasteiger partial charge in [-0.05, 0) is 49.3 Å². The van der Waals surface area contributed by atoms with Gasteiger partial charge in [0.25, 0.3) is 0 Å². The van der Waals surface area contributed by atoms with Crippen molar-refractivity contribution in [3.63, 3.8) is 0 Å². The minimum Gasteiger partial charge on any atom is -0.313 e. The van der Waals surface area contributed by atoms with Gasteiger partial charge in [0.05, 0.1) is 6.07 Å². The zero-order valence-corrected chi connectivity index (χ0v) is 11.9. The van der Waals surface area contributed by atoms with Crippen molar-refractivity contribution in [2.75, 3.05) is 12.3 Å². The van der Waals surface area contributed by atoms with Crippen LogP contribution in [0, 0.1) is 11.3 Å². The van der Waals surface area contributed by atoms with Crippen LogP contribution in [0.5, 0.6) is 0 Å². The fourth-order valence-corrected chi connectivity index (χ4v) is 2.64. The maximum atomic E-state index is 8.46. The third kappa shape index (κ3) is 6.68. The van der Waals surface area contributed by atoms with E-state index in [0.717, 1.165) is 31.7 Å². The van der Waals surface area contributed by atoms with E-state index in [1.165, 1.54) is 16.9 Å². The zero-order valence-electron chi connectivity index (χ0n) is 11.1. The average molecular weight is 262 g/mol. The molecule has 0 saturated heterocycles. The summed E-state index contributed by atoms with van der Waals surface area (Å²) < 4.78 is 0. The van der Waals surface area contributed by atoms with Gasteiger partial charge in [-0.3, -0.25) is 0 Å². The van der Waals surface area contributed by atoms with Crippen molar-refractivity contribution < 1.29 is 0 Å². The summed E-state index contributed by atoms with van der Waals surface area (Å²) in [6, 6.07) is 10.9. The highest BCUT2D eigenvalue weighted by molar-refractivity contribution is 7.99. The van der Waals surface area contributed by atoms with Crippen LogP contribution in [0.4, 0.5) is 0 Å². The minimum atomic E-state index is 0.682. The Morgan fingerprint density at radius 3 is 3.00 bits per heavy atom. The van der Waals surface area contributed by atoms with Gasteiger partial charge in [-0.25, -0.2) is 0 Å². The summed E-state index contributed by atoms with van der Waals surface area (Å²) in [6.45, 7) is 4.21. The van der Waals surface area contributed by atoms with Gasteiger partial charge in [-0.2, -0.15) is 5.26 Å². The predicted octanol–water partition coefficient (Wildman–Crippen LogP) is 3.97. The number of unbranched alkanes of at least 4 members (excludes halogenated alkanes) is 2. The normalized spacial score (nSPS) is 10.2. The summed E-state index contributed by atoms with van der Waals surface area (Å²) >= 11 is 1.89. The second kappa shape index (κ2) is 9.99. The molecule has 0 bridgehead atoms. The maximum absolute atomic E-state index is 8.46. The molecular weight excluding hydrogens is 240 g/mol. The van der Waals surface area contributed by atoms with E-state index in [0.29, 0.717) is 6.42 Å². The van der Waals surface area contributed by atoms with Crippen molar-refractivity contribution in [3.05, 3.63) is 29.8 Å². The summed E-state index contributed by atoms with van der Waals surface area (Å²) in [5.41, 5.74) is 1.35. The molecule has 1 rings (SSSR count). The zero-order chi connectivity index (χ0) is 13.1. The number of hydrogen-bond donors (Lipinski definition) is 1. The van der Waals surface area contributed by atoms with Crippen LogP contribution in [0.15, 0.2) is 29.2 Å². The van der Waals surface area contributed by atoms with E-state index in [9.17, 15) is 0 Å². The Hall–Kier alpha value is -0.980. The number of nitriles is 1. The van der Waals surface area contributed by atoms with Crippen LogP contribution in [0.1, 0.15) is 38.2 Å². The molecule has 3 heteroatoms. The number of benzene rings is 1. The highest BCUT2D eigenvalue weighted by Gasteiger charge is 1.97. The van der Waals surface area contributed by atoms with Crippen molar-refractivity contribution >= 4 is 11.8 Å². The van der Waals surface area contributed by atoms with Crippen LogP contribution >= 0.6 is 11.8 Å². The summed E-state index contributed by atoms with van der Waals surface area (Å²) in [5.74, 6) is 1.10. The van der Waals surface area contributed by atoms with E-state index in [1.54, 1.807) is 0 Å². The summed E-state index contributed by atoms with van der Waals surface area (Å²) in [4.78, 5) is 1.34. The van der Waals surface area contributed by atoms with Gasteiger partial charge in [-0.15, -0.1) is 11.8 Å². The van der Waals surface area contributed by atoms with Crippen LogP contribution in [0.3, 0.4) is 0 Å². The molecule has 0 radical (unpaired) electrons. The molecule has 18 heavy (non-hydrogen) atoms. The molecule has 1 aromatic carbocycles. The van der Waals surface area contributed by atoms with Crippen molar-refractivity contribution in [2.45, 2.75) is 44.0 Å². The SMILES string of the molecule is CCCNCc1cccc(SCCCCC#N)c1. The molecule has 0 aromatic heterocycles. The number of thioether (sulfide) groups is 1. The van der Waals surface area contributed by atoms with Crippen LogP contribution < -0.4 is 5.32 Å². The second-order valence-corrected chi connectivity index (χ2v) is 5.46. The molecule has 0 saturated carbocycles. The van der Waals surface area contributed by atoms with Crippen LogP contribution in [0.2, 0.25) is 0 Å². The van der Waals surface area contributed by atoms with Gasteiger partial charge >= 0.3 is 0 Å². The molecule has 0 aliphatic rings. The smallest absolute Gasteiger partial charge is 0.0621 e. The van der Waals surface area contributed by atoms with Gasteiger partial charge in [0, 0.05) is 17.9 Å². The fourth-order valence-electron chi connectivity index (χ4n) is 1.65. The van der Waals surface area contributed by atoms with E-state index >= 15 is 0 Å². The minimum absolute atomic E-state index is 0.682. The topological polar surface area (TPSA) is 35.8 Å². The van der Waals surface area contributed by atoms with Crippen LogP contribution in [-0.2, 0) is 6.54 Å². The van der Waals surface area contributed by atoms with E-state index in [-0.39, 0.29) is 0 Å². The monoisotopic (exact) mass is 262 g/mol. The van der Waals surface area contributed by atoms with Gasteiger partial charge in [0.15, 0.2) is 0 Å². The van der Waals surface area contributed by atoms with Crippen LogP contribution in [-0.4, -0.2) is 12.3 Å². The van der Waals surface area contributed by atoms with Crippen LogP contribution in [0.25, 0.3) is 0 Å². The van der Waals surface area contributed by atoms with E-state index in [1.807, 2.05) is 11.8 Å². The van der Waals surface area contributed by atoms with E-state index in [4.69, 9.17) is 5.26 Å². The Morgan fingerprint density at radius 2 is 2.22 bits per heavy atom. The Balaban J connectivity index is 2.28. The lowest BCUT2D eigenvalue weighted by Gasteiger charge is -2.06. The van der Waals surface area contributed by atoms with E-state index < -0.39 is 0 Å². The van der Waals surface area contributed by atoms with Crippen molar-refractivity contribution in [3.8, 4) is 6.07 Å².